The third-order valence-electron chi connectivity index (χ3n) is 4.51. The second kappa shape index (κ2) is 6.16. The number of aryl methyl sites for hydroxylation is 1. The van der Waals surface area contributed by atoms with Gasteiger partial charge in [0, 0.05) is 25.0 Å². The first-order chi connectivity index (χ1) is 12.1. The first kappa shape index (κ1) is 15.6. The highest BCUT2D eigenvalue weighted by Crippen LogP contribution is 2.40. The molecule has 7 heteroatoms. The number of nitrogens with zero attached hydrogens (tertiary/aromatic N) is 3. The van der Waals surface area contributed by atoms with E-state index in [9.17, 15) is 9.18 Å². The lowest BCUT2D eigenvalue weighted by Gasteiger charge is -2.18. The fourth-order valence-corrected chi connectivity index (χ4v) is 3.04. The zero-order chi connectivity index (χ0) is 17.4. The van der Waals surface area contributed by atoms with E-state index in [1.165, 1.54) is 18.3 Å². The minimum absolute atomic E-state index is 0.136. The summed E-state index contributed by atoms with van der Waals surface area (Å²) >= 11 is 0. The predicted molar refractivity (Wildman–Crippen MR) is 90.1 cm³/mol. The van der Waals surface area contributed by atoms with Crippen molar-refractivity contribution < 1.29 is 9.18 Å². The molecule has 6 nitrogen and oxygen atoms in total. The lowest BCUT2D eigenvalue weighted by Crippen LogP contribution is -2.31. The summed E-state index contributed by atoms with van der Waals surface area (Å²) in [6.45, 7) is 0. The molecule has 1 aliphatic rings. The van der Waals surface area contributed by atoms with Crippen LogP contribution in [0.15, 0.2) is 42.9 Å². The van der Waals surface area contributed by atoms with Gasteiger partial charge >= 0.3 is 0 Å². The van der Waals surface area contributed by atoms with Crippen molar-refractivity contribution in [2.45, 2.75) is 18.9 Å². The highest BCUT2D eigenvalue weighted by atomic mass is 19.1. The Labute approximate surface area is 144 Å². The van der Waals surface area contributed by atoms with Crippen LogP contribution in [-0.2, 0) is 7.05 Å². The average Bonchev–Trinajstić information content (AvgIpc) is 3.15. The maximum absolute atomic E-state index is 13.5. The van der Waals surface area contributed by atoms with Crippen molar-refractivity contribution in [2.75, 3.05) is 0 Å². The molecule has 4 rings (SSSR count). The summed E-state index contributed by atoms with van der Waals surface area (Å²) in [5, 5.41) is 9.84. The number of benzene rings is 1. The van der Waals surface area contributed by atoms with Gasteiger partial charge in [-0.15, -0.1) is 0 Å². The monoisotopic (exact) mass is 339 g/mol. The summed E-state index contributed by atoms with van der Waals surface area (Å²) in [7, 11) is 1.92. The van der Waals surface area contributed by atoms with Crippen molar-refractivity contribution in [1.29, 1.82) is 0 Å². The molecular formula is C18H18FN5O. The second-order valence-corrected chi connectivity index (χ2v) is 6.35. The molecule has 0 spiro atoms. The van der Waals surface area contributed by atoms with Crippen LogP contribution in [0.3, 0.4) is 0 Å². The number of carbonyl (C=O) groups is 1. The molecule has 1 amide bonds. The van der Waals surface area contributed by atoms with E-state index in [-0.39, 0.29) is 17.8 Å². The van der Waals surface area contributed by atoms with Crippen molar-refractivity contribution >= 4 is 5.91 Å². The molecule has 1 fully saturated rings. The Morgan fingerprint density at radius 2 is 2.28 bits per heavy atom. The minimum atomic E-state index is -0.359. The molecule has 0 aliphatic heterocycles. The van der Waals surface area contributed by atoms with Crippen LogP contribution >= 0.6 is 0 Å². The van der Waals surface area contributed by atoms with E-state index >= 15 is 0 Å². The van der Waals surface area contributed by atoms with E-state index in [1.807, 2.05) is 17.8 Å². The molecule has 3 aromatic rings. The summed E-state index contributed by atoms with van der Waals surface area (Å²) in [5.74, 6) is 0.636. The van der Waals surface area contributed by atoms with E-state index in [4.69, 9.17) is 0 Å². The van der Waals surface area contributed by atoms with E-state index in [0.717, 1.165) is 18.7 Å². The number of halogens is 1. The highest BCUT2D eigenvalue weighted by molar-refractivity contribution is 5.99. The normalized spacial score (nSPS) is 15.1. The molecular weight excluding hydrogens is 321 g/mol. The van der Waals surface area contributed by atoms with Gasteiger partial charge in [0.1, 0.15) is 11.6 Å². The van der Waals surface area contributed by atoms with Gasteiger partial charge in [0.05, 0.1) is 23.5 Å². The fraction of sp³-hybridized carbons (Fsp3) is 0.278. The maximum atomic E-state index is 13.5. The number of aromatic amines is 1. The molecule has 2 aromatic heterocycles. The number of imidazole rings is 1. The molecule has 1 aliphatic carbocycles. The summed E-state index contributed by atoms with van der Waals surface area (Å²) in [6, 6.07) is 5.95. The van der Waals surface area contributed by atoms with Crippen LogP contribution in [0.1, 0.15) is 35.1 Å². The van der Waals surface area contributed by atoms with Gasteiger partial charge < -0.3 is 9.88 Å². The van der Waals surface area contributed by atoms with Crippen LogP contribution in [0.25, 0.3) is 11.3 Å². The van der Waals surface area contributed by atoms with Gasteiger partial charge in [-0.25, -0.2) is 9.37 Å². The van der Waals surface area contributed by atoms with Gasteiger partial charge in [0.2, 0.25) is 0 Å². The third-order valence-corrected chi connectivity index (χ3v) is 4.51. The van der Waals surface area contributed by atoms with Gasteiger partial charge in [-0.2, -0.15) is 5.10 Å². The summed E-state index contributed by atoms with van der Waals surface area (Å²) in [4.78, 5) is 17.2. The molecule has 0 bridgehead atoms. The summed E-state index contributed by atoms with van der Waals surface area (Å²) in [5.41, 5.74) is 1.49. The molecule has 2 N–H and O–H groups in total. The van der Waals surface area contributed by atoms with Gasteiger partial charge in [-0.1, -0.05) is 12.1 Å². The number of hydrogen-bond acceptors (Lipinski definition) is 3. The second-order valence-electron chi connectivity index (χ2n) is 6.35. The molecule has 2 heterocycles. The molecule has 25 heavy (non-hydrogen) atoms. The Morgan fingerprint density at radius 3 is 2.96 bits per heavy atom. The molecule has 0 unspecified atom stereocenters. The largest absolute Gasteiger partial charge is 0.342 e. The average molecular weight is 339 g/mol. The Balaban J connectivity index is 1.61. The van der Waals surface area contributed by atoms with Crippen molar-refractivity contribution in [3.05, 3.63) is 60.1 Å². The van der Waals surface area contributed by atoms with Gasteiger partial charge in [0.25, 0.3) is 5.91 Å². The first-order valence-corrected chi connectivity index (χ1v) is 8.21. The SMILES string of the molecule is Cn1ccnc1[C@H](NC(=O)c1cn[nH]c1-c1cccc(F)c1)C1CC1. The van der Waals surface area contributed by atoms with Gasteiger partial charge in [-0.3, -0.25) is 9.89 Å². The lowest BCUT2D eigenvalue weighted by molar-refractivity contribution is 0.0929. The smallest absolute Gasteiger partial charge is 0.255 e. The van der Waals surface area contributed by atoms with E-state index in [2.05, 4.69) is 20.5 Å². The number of H-pyrrole nitrogens is 1. The van der Waals surface area contributed by atoms with Crippen LogP contribution in [0.2, 0.25) is 0 Å². The molecule has 1 aromatic carbocycles. The maximum Gasteiger partial charge on any atom is 0.255 e. The Kier molecular flexibility index (Phi) is 3.83. The van der Waals surface area contributed by atoms with Crippen LogP contribution in [0, 0.1) is 11.7 Å². The topological polar surface area (TPSA) is 75.6 Å². The molecule has 128 valence electrons. The third kappa shape index (κ3) is 3.05. The van der Waals surface area contributed by atoms with Crippen LogP contribution in [-0.4, -0.2) is 25.7 Å². The molecule has 0 radical (unpaired) electrons. The van der Waals surface area contributed by atoms with Crippen LogP contribution in [0.4, 0.5) is 4.39 Å². The van der Waals surface area contributed by atoms with Crippen LogP contribution in [0.5, 0.6) is 0 Å². The molecule has 0 saturated heterocycles. The zero-order valence-electron chi connectivity index (χ0n) is 13.7. The number of hydrogen-bond donors (Lipinski definition) is 2. The highest BCUT2D eigenvalue weighted by Gasteiger charge is 2.36. The van der Waals surface area contributed by atoms with E-state index < -0.39 is 0 Å². The number of rotatable bonds is 5. The Bertz CT molecular complexity index is 912. The number of nitrogens with one attached hydrogen (secondary N) is 2. The predicted octanol–water partition coefficient (Wildman–Crippen LogP) is 2.83. The first-order valence-electron chi connectivity index (χ1n) is 8.21. The summed E-state index contributed by atoms with van der Waals surface area (Å²) < 4.78 is 15.4. The van der Waals surface area contributed by atoms with Crippen molar-refractivity contribution in [3.8, 4) is 11.3 Å². The summed E-state index contributed by atoms with van der Waals surface area (Å²) in [6.07, 6.45) is 7.21. The molecule has 1 atom stereocenters. The number of amides is 1. The van der Waals surface area contributed by atoms with E-state index in [0.29, 0.717) is 22.7 Å². The standard InChI is InChI=1S/C18H18FN5O/c1-24-8-7-20-17(24)16(11-5-6-11)22-18(25)14-10-21-23-15(14)12-3-2-4-13(19)9-12/h2-4,7-11,16H,5-6H2,1H3,(H,21,23)(H,22,25)/t16-/m1/s1. The van der Waals surface area contributed by atoms with Crippen molar-refractivity contribution in [2.24, 2.45) is 13.0 Å². The Morgan fingerprint density at radius 1 is 1.44 bits per heavy atom. The fourth-order valence-electron chi connectivity index (χ4n) is 3.04. The number of aromatic nitrogens is 4. The van der Waals surface area contributed by atoms with Crippen molar-refractivity contribution in [1.82, 2.24) is 25.1 Å². The van der Waals surface area contributed by atoms with Crippen molar-refractivity contribution in [3.63, 3.8) is 0 Å². The number of carbonyl (C=O) groups excluding carboxylic acids is 1. The van der Waals surface area contributed by atoms with Crippen LogP contribution < -0.4 is 5.32 Å². The quantitative estimate of drug-likeness (QED) is 0.750. The Hall–Kier alpha value is -2.96. The van der Waals surface area contributed by atoms with Gasteiger partial charge in [0.15, 0.2) is 0 Å². The molecule has 1 saturated carbocycles. The van der Waals surface area contributed by atoms with E-state index in [1.54, 1.807) is 18.3 Å². The minimum Gasteiger partial charge on any atom is -0.342 e. The van der Waals surface area contributed by atoms with Gasteiger partial charge in [-0.05, 0) is 30.9 Å². The zero-order valence-corrected chi connectivity index (χ0v) is 13.7. The lowest BCUT2D eigenvalue weighted by atomic mass is 10.1.